The molecule has 0 saturated heterocycles. The normalized spacial score (nSPS) is 15.5. The molecule has 1 aromatic heterocycles. The number of aromatic carboxylic acids is 1. The Bertz CT molecular complexity index is 885. The quantitative estimate of drug-likeness (QED) is 0.779. The van der Waals surface area contributed by atoms with Gasteiger partial charge in [-0.2, -0.15) is 0 Å². The van der Waals surface area contributed by atoms with Gasteiger partial charge in [-0.25, -0.2) is 9.18 Å². The summed E-state index contributed by atoms with van der Waals surface area (Å²) in [6, 6.07) is 1.57. The highest BCUT2D eigenvalue weighted by molar-refractivity contribution is 5.95. The number of fused-ring (bicyclic) bond motifs is 1. The molecular formula is C17H20FN3O3. The Labute approximate surface area is 138 Å². The second kappa shape index (κ2) is 5.90. The van der Waals surface area contributed by atoms with Crippen LogP contribution in [0.1, 0.15) is 41.7 Å². The zero-order valence-electron chi connectivity index (χ0n) is 13.6. The Balaban J connectivity index is 2.30. The van der Waals surface area contributed by atoms with E-state index in [9.17, 15) is 19.1 Å². The molecule has 1 fully saturated rings. The first-order valence-corrected chi connectivity index (χ1v) is 7.92. The van der Waals surface area contributed by atoms with Crippen LogP contribution in [0.3, 0.4) is 0 Å². The van der Waals surface area contributed by atoms with Gasteiger partial charge in [0, 0.05) is 30.4 Å². The predicted molar refractivity (Wildman–Crippen MR) is 90.3 cm³/mol. The van der Waals surface area contributed by atoms with Crippen LogP contribution >= 0.6 is 0 Å². The molecule has 1 aliphatic carbocycles. The number of hydrogen-bond donors (Lipinski definition) is 3. The molecule has 6 nitrogen and oxygen atoms in total. The molecule has 128 valence electrons. The van der Waals surface area contributed by atoms with Gasteiger partial charge in [-0.15, -0.1) is 0 Å². The van der Waals surface area contributed by atoms with Crippen LogP contribution in [0.2, 0.25) is 0 Å². The van der Waals surface area contributed by atoms with Gasteiger partial charge in [-0.3, -0.25) is 4.79 Å². The standard InChI is InChI=1S/C17H20FN3O3/c1-8(19)6-20-12-5-13-14(9(2)15(12)18)16(22)11(17(23)24)7-21(13)10-3-4-10/h5,7-8,10,20H,3-4,6,19H2,1-2H3,(H,23,24)/t8-/m0/s1. The molecule has 0 aliphatic heterocycles. The second-order valence-corrected chi connectivity index (χ2v) is 6.43. The van der Waals surface area contributed by atoms with Crippen molar-refractivity contribution in [1.29, 1.82) is 0 Å². The number of nitrogens with one attached hydrogen (secondary N) is 1. The van der Waals surface area contributed by atoms with Crippen LogP contribution in [-0.4, -0.2) is 28.2 Å². The zero-order chi connectivity index (χ0) is 17.6. The van der Waals surface area contributed by atoms with Crippen molar-refractivity contribution in [1.82, 2.24) is 4.57 Å². The minimum absolute atomic E-state index is 0.130. The molecule has 7 heteroatoms. The first-order chi connectivity index (χ1) is 11.3. The van der Waals surface area contributed by atoms with E-state index in [1.54, 1.807) is 17.6 Å². The lowest BCUT2D eigenvalue weighted by Gasteiger charge is -2.17. The van der Waals surface area contributed by atoms with Crippen LogP contribution in [0.4, 0.5) is 10.1 Å². The fraction of sp³-hybridized carbons (Fsp3) is 0.412. The predicted octanol–water partition coefficient (Wildman–Crippen LogP) is 2.24. The number of carboxylic acids is 1. The lowest BCUT2D eigenvalue weighted by Crippen LogP contribution is -2.26. The molecule has 1 heterocycles. The molecule has 2 aromatic rings. The average Bonchev–Trinajstić information content (AvgIpc) is 3.33. The average molecular weight is 333 g/mol. The maximum atomic E-state index is 14.6. The smallest absolute Gasteiger partial charge is 0.341 e. The van der Waals surface area contributed by atoms with Crippen molar-refractivity contribution in [3.63, 3.8) is 0 Å². The molecule has 1 aromatic carbocycles. The van der Waals surface area contributed by atoms with Crippen molar-refractivity contribution >= 4 is 22.6 Å². The Hall–Kier alpha value is -2.41. The third kappa shape index (κ3) is 2.75. The summed E-state index contributed by atoms with van der Waals surface area (Å²) in [6.07, 6.45) is 3.20. The highest BCUT2D eigenvalue weighted by Gasteiger charge is 2.28. The Morgan fingerprint density at radius 1 is 1.54 bits per heavy atom. The van der Waals surface area contributed by atoms with Gasteiger partial charge >= 0.3 is 5.97 Å². The van der Waals surface area contributed by atoms with Crippen molar-refractivity contribution < 1.29 is 14.3 Å². The van der Waals surface area contributed by atoms with E-state index >= 15 is 0 Å². The lowest BCUT2D eigenvalue weighted by atomic mass is 10.0. The number of benzene rings is 1. The first-order valence-electron chi connectivity index (χ1n) is 7.92. The van der Waals surface area contributed by atoms with Crippen LogP contribution in [0.5, 0.6) is 0 Å². The van der Waals surface area contributed by atoms with E-state index in [1.807, 2.05) is 0 Å². The zero-order valence-corrected chi connectivity index (χ0v) is 13.6. The Kier molecular flexibility index (Phi) is 4.04. The number of aryl methyl sites for hydroxylation is 1. The van der Waals surface area contributed by atoms with Gasteiger partial charge in [0.25, 0.3) is 0 Å². The van der Waals surface area contributed by atoms with Crippen molar-refractivity contribution in [2.75, 3.05) is 11.9 Å². The number of rotatable bonds is 5. The summed E-state index contributed by atoms with van der Waals surface area (Å²) < 4.78 is 16.4. The molecule has 0 unspecified atom stereocenters. The summed E-state index contributed by atoms with van der Waals surface area (Å²) in [5.74, 6) is -1.85. The number of nitrogens with zero attached hydrogens (tertiary/aromatic N) is 1. The number of carbonyl (C=O) groups is 1. The monoisotopic (exact) mass is 333 g/mol. The molecule has 4 N–H and O–H groups in total. The molecule has 3 rings (SSSR count). The highest BCUT2D eigenvalue weighted by Crippen LogP contribution is 2.38. The minimum atomic E-state index is -1.30. The highest BCUT2D eigenvalue weighted by atomic mass is 19.1. The maximum absolute atomic E-state index is 14.6. The van der Waals surface area contributed by atoms with Crippen molar-refractivity contribution in [2.45, 2.75) is 38.8 Å². The van der Waals surface area contributed by atoms with Gasteiger partial charge in [0.2, 0.25) is 5.43 Å². The summed E-state index contributed by atoms with van der Waals surface area (Å²) in [6.45, 7) is 3.69. The summed E-state index contributed by atoms with van der Waals surface area (Å²) >= 11 is 0. The summed E-state index contributed by atoms with van der Waals surface area (Å²) in [7, 11) is 0. The molecule has 1 atom stereocenters. The topological polar surface area (TPSA) is 97.3 Å². The largest absolute Gasteiger partial charge is 0.477 e. The molecule has 24 heavy (non-hydrogen) atoms. The Morgan fingerprint density at radius 2 is 2.21 bits per heavy atom. The number of pyridine rings is 1. The van der Waals surface area contributed by atoms with E-state index in [0.29, 0.717) is 12.1 Å². The van der Waals surface area contributed by atoms with Crippen LogP contribution in [0, 0.1) is 12.7 Å². The van der Waals surface area contributed by atoms with Gasteiger partial charge in [0.1, 0.15) is 11.4 Å². The third-order valence-electron chi connectivity index (χ3n) is 4.28. The van der Waals surface area contributed by atoms with Gasteiger partial charge in [0.15, 0.2) is 0 Å². The molecule has 0 spiro atoms. The third-order valence-corrected chi connectivity index (χ3v) is 4.28. The maximum Gasteiger partial charge on any atom is 0.341 e. The van der Waals surface area contributed by atoms with Crippen LogP contribution in [0.25, 0.3) is 10.9 Å². The summed E-state index contributed by atoms with van der Waals surface area (Å²) in [5, 5.41) is 12.4. The lowest BCUT2D eigenvalue weighted by molar-refractivity contribution is 0.0695. The molecule has 0 radical (unpaired) electrons. The van der Waals surface area contributed by atoms with E-state index in [1.165, 1.54) is 13.1 Å². The van der Waals surface area contributed by atoms with Crippen molar-refractivity contribution in [3.8, 4) is 0 Å². The van der Waals surface area contributed by atoms with Gasteiger partial charge in [-0.1, -0.05) is 0 Å². The van der Waals surface area contributed by atoms with E-state index in [-0.39, 0.29) is 34.3 Å². The van der Waals surface area contributed by atoms with E-state index in [2.05, 4.69) is 5.32 Å². The summed E-state index contributed by atoms with van der Waals surface area (Å²) in [5.41, 5.74) is 5.71. The van der Waals surface area contributed by atoms with Crippen LogP contribution < -0.4 is 16.5 Å². The number of halogens is 1. The Morgan fingerprint density at radius 3 is 2.75 bits per heavy atom. The van der Waals surface area contributed by atoms with E-state index < -0.39 is 17.2 Å². The van der Waals surface area contributed by atoms with E-state index in [4.69, 9.17) is 5.73 Å². The van der Waals surface area contributed by atoms with Gasteiger partial charge in [0.05, 0.1) is 16.6 Å². The summed E-state index contributed by atoms with van der Waals surface area (Å²) in [4.78, 5) is 23.9. The van der Waals surface area contributed by atoms with E-state index in [0.717, 1.165) is 12.8 Å². The number of nitrogens with two attached hydrogens (primary N) is 1. The minimum Gasteiger partial charge on any atom is -0.477 e. The van der Waals surface area contributed by atoms with Crippen LogP contribution in [-0.2, 0) is 0 Å². The number of hydrogen-bond acceptors (Lipinski definition) is 4. The molecule has 1 saturated carbocycles. The van der Waals surface area contributed by atoms with Gasteiger partial charge < -0.3 is 20.7 Å². The molecular weight excluding hydrogens is 313 g/mol. The fourth-order valence-electron chi connectivity index (χ4n) is 2.88. The first kappa shape index (κ1) is 16.4. The molecule has 1 aliphatic rings. The van der Waals surface area contributed by atoms with Crippen LogP contribution in [0.15, 0.2) is 17.1 Å². The van der Waals surface area contributed by atoms with Gasteiger partial charge in [-0.05, 0) is 32.8 Å². The molecule has 0 bridgehead atoms. The number of aromatic nitrogens is 1. The van der Waals surface area contributed by atoms with Crippen molar-refractivity contribution in [3.05, 3.63) is 39.4 Å². The molecule has 0 amide bonds. The second-order valence-electron chi connectivity index (χ2n) is 6.43. The SMILES string of the molecule is Cc1c(F)c(NC[C@H](C)N)cc2c1c(=O)c(C(=O)O)cn2C1CC1. The number of carboxylic acid groups (broad SMARTS) is 1. The van der Waals surface area contributed by atoms with Crippen molar-refractivity contribution in [2.24, 2.45) is 5.73 Å². The fourth-order valence-corrected chi connectivity index (χ4v) is 2.88. The number of anilines is 1.